The van der Waals surface area contributed by atoms with Crippen molar-refractivity contribution in [3.63, 3.8) is 0 Å². The van der Waals surface area contributed by atoms with E-state index < -0.39 is 0 Å². The molecule has 0 aromatic heterocycles. The van der Waals surface area contributed by atoms with Crippen LogP contribution in [0, 0.1) is 11.8 Å². The van der Waals surface area contributed by atoms with E-state index in [9.17, 15) is 4.79 Å². The van der Waals surface area contributed by atoms with Gasteiger partial charge in [0.1, 0.15) is 0 Å². The molecule has 0 radical (unpaired) electrons. The Kier molecular flexibility index (Phi) is 9.23. The van der Waals surface area contributed by atoms with E-state index in [4.69, 9.17) is 15.2 Å². The van der Waals surface area contributed by atoms with E-state index in [1.165, 1.54) is 0 Å². The second-order valence-electron chi connectivity index (χ2n) is 7.39. The molecule has 1 aromatic rings. The predicted octanol–water partition coefficient (Wildman–Crippen LogP) is 3.74. The van der Waals surface area contributed by atoms with Crippen LogP contribution in [0.1, 0.15) is 50.4 Å². The molecular formula is C20H33ClN2O3. The highest BCUT2D eigenvalue weighted by Gasteiger charge is 2.26. The van der Waals surface area contributed by atoms with Gasteiger partial charge in [-0.15, -0.1) is 12.4 Å². The van der Waals surface area contributed by atoms with Crippen LogP contribution >= 0.6 is 12.4 Å². The highest BCUT2D eigenvalue weighted by molar-refractivity contribution is 5.95. The zero-order valence-electron chi connectivity index (χ0n) is 16.4. The van der Waals surface area contributed by atoms with Crippen LogP contribution < -0.4 is 15.2 Å². The molecule has 1 aliphatic rings. The molecule has 26 heavy (non-hydrogen) atoms. The third-order valence-corrected chi connectivity index (χ3v) is 4.93. The number of carbonyl (C=O) groups excluding carboxylic acids is 1. The summed E-state index contributed by atoms with van der Waals surface area (Å²) in [6.07, 6.45) is 2.92. The van der Waals surface area contributed by atoms with Gasteiger partial charge in [0.15, 0.2) is 11.5 Å². The molecule has 2 rings (SSSR count). The van der Waals surface area contributed by atoms with Crippen molar-refractivity contribution in [1.82, 2.24) is 4.90 Å². The quantitative estimate of drug-likeness (QED) is 0.777. The third-order valence-electron chi connectivity index (χ3n) is 4.93. The van der Waals surface area contributed by atoms with Crippen molar-refractivity contribution >= 4 is 18.3 Å². The van der Waals surface area contributed by atoms with E-state index in [0.29, 0.717) is 35.5 Å². The van der Waals surface area contributed by atoms with E-state index in [2.05, 4.69) is 13.8 Å². The Bertz CT molecular complexity index is 570. The molecular weight excluding hydrogens is 352 g/mol. The summed E-state index contributed by atoms with van der Waals surface area (Å²) in [6, 6.07) is 5.64. The van der Waals surface area contributed by atoms with Crippen LogP contribution in [0.4, 0.5) is 0 Å². The average Bonchev–Trinajstić information content (AvgIpc) is 2.61. The van der Waals surface area contributed by atoms with Crippen LogP contribution in [0.2, 0.25) is 0 Å². The zero-order chi connectivity index (χ0) is 18.4. The lowest BCUT2D eigenvalue weighted by atomic mass is 9.90. The van der Waals surface area contributed by atoms with Crippen molar-refractivity contribution < 1.29 is 14.3 Å². The SMILES string of the molecule is COc1cc(C(=O)N2CCC(C(C)N)CC2)ccc1OCCC(C)C.Cl. The third kappa shape index (κ3) is 6.06. The number of ether oxygens (including phenoxy) is 2. The highest BCUT2D eigenvalue weighted by atomic mass is 35.5. The number of hydrogen-bond donors (Lipinski definition) is 1. The lowest BCUT2D eigenvalue weighted by molar-refractivity contribution is 0.0680. The van der Waals surface area contributed by atoms with Crippen LogP contribution in [0.3, 0.4) is 0 Å². The predicted molar refractivity (Wildman–Crippen MR) is 107 cm³/mol. The number of nitrogens with two attached hydrogens (primary N) is 1. The van der Waals surface area contributed by atoms with Gasteiger partial charge in [-0.3, -0.25) is 4.79 Å². The van der Waals surface area contributed by atoms with Gasteiger partial charge in [-0.25, -0.2) is 0 Å². The molecule has 1 unspecified atom stereocenters. The molecule has 0 saturated carbocycles. The maximum Gasteiger partial charge on any atom is 0.253 e. The number of carbonyl (C=O) groups is 1. The Morgan fingerprint density at radius 3 is 2.42 bits per heavy atom. The van der Waals surface area contributed by atoms with Gasteiger partial charge >= 0.3 is 0 Å². The second-order valence-corrected chi connectivity index (χ2v) is 7.39. The van der Waals surface area contributed by atoms with Crippen LogP contribution in [-0.4, -0.2) is 43.7 Å². The molecule has 148 valence electrons. The molecule has 1 aromatic carbocycles. The van der Waals surface area contributed by atoms with Gasteiger partial charge in [0.05, 0.1) is 13.7 Å². The summed E-state index contributed by atoms with van der Waals surface area (Å²) in [5, 5.41) is 0. The van der Waals surface area contributed by atoms with Crippen molar-refractivity contribution in [3.05, 3.63) is 23.8 Å². The summed E-state index contributed by atoms with van der Waals surface area (Å²) >= 11 is 0. The zero-order valence-corrected chi connectivity index (χ0v) is 17.2. The van der Waals surface area contributed by atoms with E-state index >= 15 is 0 Å². The first-order valence-corrected chi connectivity index (χ1v) is 9.28. The van der Waals surface area contributed by atoms with Gasteiger partial charge in [-0.05, 0) is 56.2 Å². The molecule has 6 heteroatoms. The number of amides is 1. The molecule has 1 amide bonds. The van der Waals surface area contributed by atoms with Crippen molar-refractivity contribution in [2.75, 3.05) is 26.8 Å². The molecule has 1 aliphatic heterocycles. The van der Waals surface area contributed by atoms with Crippen molar-refractivity contribution in [1.29, 1.82) is 0 Å². The van der Waals surface area contributed by atoms with Gasteiger partial charge < -0.3 is 20.1 Å². The van der Waals surface area contributed by atoms with E-state index in [1.54, 1.807) is 13.2 Å². The molecule has 0 bridgehead atoms. The molecule has 0 aliphatic carbocycles. The lowest BCUT2D eigenvalue weighted by Gasteiger charge is -2.33. The smallest absolute Gasteiger partial charge is 0.253 e. The van der Waals surface area contributed by atoms with Crippen LogP contribution in [0.25, 0.3) is 0 Å². The number of likely N-dealkylation sites (tertiary alicyclic amines) is 1. The minimum absolute atomic E-state index is 0. The van der Waals surface area contributed by atoms with Gasteiger partial charge in [-0.2, -0.15) is 0 Å². The Morgan fingerprint density at radius 2 is 1.88 bits per heavy atom. The summed E-state index contributed by atoms with van der Waals surface area (Å²) in [6.45, 7) is 8.55. The molecule has 1 saturated heterocycles. The maximum atomic E-state index is 12.8. The topological polar surface area (TPSA) is 64.8 Å². The largest absolute Gasteiger partial charge is 0.493 e. The normalized spacial score (nSPS) is 16.2. The van der Waals surface area contributed by atoms with Crippen molar-refractivity contribution in [3.8, 4) is 11.5 Å². The number of nitrogens with zero attached hydrogens (tertiary/aromatic N) is 1. The van der Waals surface area contributed by atoms with Crippen LogP contribution in [0.15, 0.2) is 18.2 Å². The number of benzene rings is 1. The first kappa shape index (κ1) is 22.6. The summed E-state index contributed by atoms with van der Waals surface area (Å²) in [5.74, 6) is 2.45. The van der Waals surface area contributed by atoms with Gasteiger partial charge in [0.25, 0.3) is 5.91 Å². The first-order chi connectivity index (χ1) is 11.9. The summed E-state index contributed by atoms with van der Waals surface area (Å²) in [7, 11) is 1.60. The van der Waals surface area contributed by atoms with Crippen molar-refractivity contribution in [2.24, 2.45) is 17.6 Å². The molecule has 0 spiro atoms. The van der Waals surface area contributed by atoms with Gasteiger partial charge in [0.2, 0.25) is 0 Å². The number of rotatable bonds is 7. The summed E-state index contributed by atoms with van der Waals surface area (Å²) in [5.41, 5.74) is 6.62. The molecule has 5 nitrogen and oxygen atoms in total. The minimum Gasteiger partial charge on any atom is -0.493 e. The lowest BCUT2D eigenvalue weighted by Crippen LogP contribution is -2.42. The standard InChI is InChI=1S/C20H32N2O3.ClH/c1-14(2)9-12-25-18-6-5-17(13-19(18)24-4)20(23)22-10-7-16(8-11-22)15(3)21;/h5-6,13-16H,7-12,21H2,1-4H3;1H. The van der Waals surface area contributed by atoms with E-state index in [-0.39, 0.29) is 24.4 Å². The summed E-state index contributed by atoms with van der Waals surface area (Å²) < 4.78 is 11.2. The number of halogens is 1. The monoisotopic (exact) mass is 384 g/mol. The molecule has 1 atom stereocenters. The van der Waals surface area contributed by atoms with Crippen LogP contribution in [-0.2, 0) is 0 Å². The Hall–Kier alpha value is -1.46. The summed E-state index contributed by atoms with van der Waals surface area (Å²) in [4.78, 5) is 14.7. The Labute approximate surface area is 163 Å². The Morgan fingerprint density at radius 1 is 1.23 bits per heavy atom. The fourth-order valence-electron chi connectivity index (χ4n) is 3.14. The number of methoxy groups -OCH3 is 1. The molecule has 1 fully saturated rings. The average molecular weight is 385 g/mol. The number of hydrogen-bond acceptors (Lipinski definition) is 4. The van der Waals surface area contributed by atoms with Crippen LogP contribution in [0.5, 0.6) is 11.5 Å². The molecule has 2 N–H and O–H groups in total. The van der Waals surface area contributed by atoms with E-state index in [1.807, 2.05) is 24.0 Å². The highest BCUT2D eigenvalue weighted by Crippen LogP contribution is 2.30. The fourth-order valence-corrected chi connectivity index (χ4v) is 3.14. The van der Waals surface area contributed by atoms with Crippen molar-refractivity contribution in [2.45, 2.75) is 46.1 Å². The minimum atomic E-state index is 0. The molecule has 1 heterocycles. The van der Waals surface area contributed by atoms with E-state index in [0.717, 1.165) is 32.4 Å². The number of piperidine rings is 1. The second kappa shape index (κ2) is 10.6. The van der Waals surface area contributed by atoms with Gasteiger partial charge in [0, 0.05) is 24.7 Å². The Balaban J connectivity index is 0.00000338. The fraction of sp³-hybridized carbons (Fsp3) is 0.650. The maximum absolute atomic E-state index is 12.8. The van der Waals surface area contributed by atoms with Gasteiger partial charge in [-0.1, -0.05) is 13.8 Å². The first-order valence-electron chi connectivity index (χ1n) is 9.28.